The molecule has 0 aliphatic heterocycles. The fraction of sp³-hybridized carbons (Fsp3) is 0.619. The Kier molecular flexibility index (Phi) is 16.5. The standard InChI is InChI=1S/C21H34N6O12S/c22-4-2-1-3-10(18(35)27-13(8-40)21(38)39)24-19(36)12(7-16(32)33)26-20(37)11(6-15(30)31)25-17(34)9(23)5-14(28)29/h9-13,40H,1-8,22-23H2,(H,24,36)(H,25,34)(H,26,37)(H,27,35)(H,28,29)(H,30,31)(H,32,33)(H,38,39)/t9-,10-,11-,12-,13-/m0/s1. The summed E-state index contributed by atoms with van der Waals surface area (Å²) in [7, 11) is 0. The quantitative estimate of drug-likeness (QED) is 0.0470. The van der Waals surface area contributed by atoms with Gasteiger partial charge in [0.1, 0.15) is 24.2 Å². The Labute approximate surface area is 233 Å². The monoisotopic (exact) mass is 594 g/mol. The maximum absolute atomic E-state index is 12.9. The minimum Gasteiger partial charge on any atom is -0.481 e. The molecule has 0 aliphatic rings. The van der Waals surface area contributed by atoms with E-state index in [1.807, 2.05) is 10.6 Å². The van der Waals surface area contributed by atoms with E-state index in [1.54, 1.807) is 0 Å². The maximum Gasteiger partial charge on any atom is 0.327 e. The molecule has 0 saturated heterocycles. The van der Waals surface area contributed by atoms with Crippen molar-refractivity contribution in [3.8, 4) is 0 Å². The average Bonchev–Trinajstić information content (AvgIpc) is 2.84. The zero-order valence-corrected chi connectivity index (χ0v) is 22.1. The lowest BCUT2D eigenvalue weighted by Crippen LogP contribution is -2.59. The average molecular weight is 595 g/mol. The zero-order chi connectivity index (χ0) is 31.0. The van der Waals surface area contributed by atoms with Gasteiger partial charge in [0.05, 0.1) is 25.3 Å². The SMILES string of the molecule is NCCCC[C@H](NC(=O)[C@H](CC(=O)O)NC(=O)[C@H](CC(=O)O)NC(=O)[C@@H](N)CC(=O)O)C(=O)N[C@@H](CS)C(=O)O. The Balaban J connectivity index is 5.84. The molecule has 0 aliphatic carbocycles. The lowest BCUT2D eigenvalue weighted by atomic mass is 10.1. The molecule has 5 atom stereocenters. The smallest absolute Gasteiger partial charge is 0.327 e. The van der Waals surface area contributed by atoms with Crippen molar-refractivity contribution in [3.63, 3.8) is 0 Å². The Bertz CT molecular complexity index is 964. The number of rotatable bonds is 20. The molecule has 12 N–H and O–H groups in total. The van der Waals surface area contributed by atoms with Crippen molar-refractivity contribution in [1.82, 2.24) is 21.3 Å². The highest BCUT2D eigenvalue weighted by molar-refractivity contribution is 7.80. The van der Waals surface area contributed by atoms with Crippen molar-refractivity contribution in [2.45, 2.75) is 68.7 Å². The van der Waals surface area contributed by atoms with E-state index in [2.05, 4.69) is 23.3 Å². The first-order chi connectivity index (χ1) is 18.6. The third-order valence-electron chi connectivity index (χ3n) is 5.13. The fourth-order valence-electron chi connectivity index (χ4n) is 3.09. The molecule has 19 heteroatoms. The van der Waals surface area contributed by atoms with Crippen molar-refractivity contribution in [3.05, 3.63) is 0 Å². The number of nitrogens with one attached hydrogen (secondary N) is 4. The number of hydrogen-bond donors (Lipinski definition) is 11. The molecular weight excluding hydrogens is 560 g/mol. The fourth-order valence-corrected chi connectivity index (χ4v) is 3.34. The van der Waals surface area contributed by atoms with Gasteiger partial charge in [0.25, 0.3) is 0 Å². The van der Waals surface area contributed by atoms with Gasteiger partial charge in [-0.1, -0.05) is 0 Å². The number of unbranched alkanes of at least 4 members (excludes halogenated alkanes) is 1. The van der Waals surface area contributed by atoms with Gasteiger partial charge in [-0.2, -0.15) is 12.6 Å². The number of nitrogens with two attached hydrogens (primary N) is 2. The number of carbonyl (C=O) groups excluding carboxylic acids is 4. The Morgan fingerprint density at radius 3 is 1.40 bits per heavy atom. The van der Waals surface area contributed by atoms with Crippen LogP contribution in [-0.4, -0.2) is 110 Å². The van der Waals surface area contributed by atoms with Gasteiger partial charge in [0.2, 0.25) is 23.6 Å². The number of thiol groups is 1. The molecule has 0 bridgehead atoms. The van der Waals surface area contributed by atoms with Gasteiger partial charge in [-0.25, -0.2) is 4.79 Å². The van der Waals surface area contributed by atoms with Gasteiger partial charge in [-0.05, 0) is 25.8 Å². The van der Waals surface area contributed by atoms with E-state index in [0.29, 0.717) is 12.8 Å². The highest BCUT2D eigenvalue weighted by Gasteiger charge is 2.33. The normalized spacial score (nSPS) is 14.4. The second kappa shape index (κ2) is 18.3. The Morgan fingerprint density at radius 2 is 1.00 bits per heavy atom. The molecule has 0 spiro atoms. The van der Waals surface area contributed by atoms with Crippen molar-refractivity contribution < 1.29 is 58.8 Å². The third-order valence-corrected chi connectivity index (χ3v) is 5.50. The lowest BCUT2D eigenvalue weighted by molar-refractivity contribution is -0.144. The molecule has 0 aromatic rings. The van der Waals surface area contributed by atoms with Gasteiger partial charge in [0.15, 0.2) is 0 Å². The van der Waals surface area contributed by atoms with Crippen molar-refractivity contribution >= 4 is 60.1 Å². The Morgan fingerprint density at radius 1 is 0.600 bits per heavy atom. The van der Waals surface area contributed by atoms with Gasteiger partial charge in [-0.15, -0.1) is 0 Å². The van der Waals surface area contributed by atoms with E-state index in [1.165, 1.54) is 0 Å². The van der Waals surface area contributed by atoms with Gasteiger partial charge in [-0.3, -0.25) is 33.6 Å². The molecule has 0 radical (unpaired) electrons. The van der Waals surface area contributed by atoms with Crippen LogP contribution >= 0.6 is 12.6 Å². The topological polar surface area (TPSA) is 318 Å². The molecule has 0 saturated carbocycles. The van der Waals surface area contributed by atoms with Crippen molar-refractivity contribution in [2.75, 3.05) is 12.3 Å². The number of carbonyl (C=O) groups is 8. The summed E-state index contributed by atoms with van der Waals surface area (Å²) in [5, 5.41) is 44.6. The summed E-state index contributed by atoms with van der Waals surface area (Å²) in [5.41, 5.74) is 10.8. The second-order valence-electron chi connectivity index (χ2n) is 8.45. The second-order valence-corrected chi connectivity index (χ2v) is 8.82. The molecule has 0 aromatic heterocycles. The van der Waals surface area contributed by atoms with Crippen LogP contribution < -0.4 is 32.7 Å². The molecule has 226 valence electrons. The van der Waals surface area contributed by atoms with Gasteiger partial charge >= 0.3 is 23.9 Å². The number of aliphatic carboxylic acids is 4. The predicted octanol–water partition coefficient (Wildman–Crippen LogP) is -4.18. The highest BCUT2D eigenvalue weighted by Crippen LogP contribution is 2.05. The predicted molar refractivity (Wildman–Crippen MR) is 137 cm³/mol. The number of carboxylic acids is 4. The van der Waals surface area contributed by atoms with E-state index in [-0.39, 0.29) is 18.7 Å². The van der Waals surface area contributed by atoms with E-state index >= 15 is 0 Å². The van der Waals surface area contributed by atoms with Crippen LogP contribution in [0.4, 0.5) is 0 Å². The van der Waals surface area contributed by atoms with E-state index in [0.717, 1.165) is 0 Å². The first-order valence-corrected chi connectivity index (χ1v) is 12.4. The number of amides is 4. The first kappa shape index (κ1) is 36.0. The summed E-state index contributed by atoms with van der Waals surface area (Å²) in [5.74, 6) is -10.9. The van der Waals surface area contributed by atoms with Gasteiger partial charge in [0, 0.05) is 5.75 Å². The number of carboxylic acid groups (broad SMARTS) is 4. The van der Waals surface area contributed by atoms with Crippen LogP contribution in [0.3, 0.4) is 0 Å². The van der Waals surface area contributed by atoms with E-state index < -0.39 is 97.0 Å². The zero-order valence-electron chi connectivity index (χ0n) is 21.2. The summed E-state index contributed by atoms with van der Waals surface area (Å²) in [6, 6.07) is -8.20. The molecule has 0 fully saturated rings. The largest absolute Gasteiger partial charge is 0.481 e. The summed E-state index contributed by atoms with van der Waals surface area (Å²) >= 11 is 3.84. The maximum atomic E-state index is 12.9. The van der Waals surface area contributed by atoms with Crippen LogP contribution in [0.15, 0.2) is 0 Å². The molecule has 40 heavy (non-hydrogen) atoms. The molecule has 18 nitrogen and oxygen atoms in total. The van der Waals surface area contributed by atoms with Crippen LogP contribution in [0.1, 0.15) is 38.5 Å². The lowest BCUT2D eigenvalue weighted by Gasteiger charge is -2.25. The highest BCUT2D eigenvalue weighted by atomic mass is 32.1. The van der Waals surface area contributed by atoms with E-state index in [4.69, 9.17) is 26.8 Å². The van der Waals surface area contributed by atoms with E-state index in [9.17, 15) is 43.5 Å². The van der Waals surface area contributed by atoms with Crippen LogP contribution in [0.5, 0.6) is 0 Å². The minimum atomic E-state index is -1.88. The molecule has 4 amide bonds. The summed E-state index contributed by atoms with van der Waals surface area (Å²) < 4.78 is 0. The summed E-state index contributed by atoms with van der Waals surface area (Å²) in [4.78, 5) is 95.1. The van der Waals surface area contributed by atoms with Crippen molar-refractivity contribution in [1.29, 1.82) is 0 Å². The van der Waals surface area contributed by atoms with Crippen LogP contribution in [-0.2, 0) is 38.4 Å². The van der Waals surface area contributed by atoms with Crippen LogP contribution in [0, 0.1) is 0 Å². The number of hydrogen-bond acceptors (Lipinski definition) is 11. The molecule has 0 rings (SSSR count). The third kappa shape index (κ3) is 14.3. The molecule has 0 heterocycles. The summed E-state index contributed by atoms with van der Waals surface area (Å²) in [6.45, 7) is 0.237. The van der Waals surface area contributed by atoms with Gasteiger partial charge < -0.3 is 53.2 Å². The van der Waals surface area contributed by atoms with Crippen molar-refractivity contribution in [2.24, 2.45) is 11.5 Å². The summed E-state index contributed by atoms with van der Waals surface area (Å²) in [6.07, 6.45) is -2.24. The minimum absolute atomic E-state index is 0.0411. The van der Waals surface area contributed by atoms with Crippen LogP contribution in [0.2, 0.25) is 0 Å². The van der Waals surface area contributed by atoms with Crippen LogP contribution in [0.25, 0.3) is 0 Å². The molecule has 0 aromatic carbocycles. The molecule has 0 unspecified atom stereocenters. The first-order valence-electron chi connectivity index (χ1n) is 11.8. The molecular formula is C21H34N6O12S. The Hall–Kier alpha value is -3.97.